The lowest BCUT2D eigenvalue weighted by molar-refractivity contribution is -0.126. The quantitative estimate of drug-likeness (QED) is 0.677. The summed E-state index contributed by atoms with van der Waals surface area (Å²) in [5.41, 5.74) is 5.05. The van der Waals surface area contributed by atoms with Crippen molar-refractivity contribution >= 4 is 5.91 Å². The van der Waals surface area contributed by atoms with Gasteiger partial charge < -0.3 is 14.8 Å². The molecular formula is C27H36N2O3. The van der Waals surface area contributed by atoms with Crippen LogP contribution in [0.2, 0.25) is 0 Å². The molecule has 0 radical (unpaired) electrons. The zero-order chi connectivity index (χ0) is 22.7. The number of nitrogens with one attached hydrogen (secondary N) is 1. The third-order valence-corrected chi connectivity index (χ3v) is 7.10. The number of ether oxygens (including phenoxy) is 2. The molecule has 2 aromatic carbocycles. The predicted molar refractivity (Wildman–Crippen MR) is 127 cm³/mol. The van der Waals surface area contributed by atoms with Crippen LogP contribution in [0.3, 0.4) is 0 Å². The largest absolute Gasteiger partial charge is 0.493 e. The number of benzene rings is 2. The van der Waals surface area contributed by atoms with Crippen molar-refractivity contribution in [1.29, 1.82) is 0 Å². The summed E-state index contributed by atoms with van der Waals surface area (Å²) in [7, 11) is 3.36. The van der Waals surface area contributed by atoms with Gasteiger partial charge in [0.25, 0.3) is 0 Å². The SMILES string of the molecule is COc1cc2c(cc1OC)[C@H]([C@H](C)NC(=O)C1CCCC1)N(Cc1ccc(C)cc1)CC2. The van der Waals surface area contributed by atoms with Crippen molar-refractivity contribution in [1.82, 2.24) is 10.2 Å². The van der Waals surface area contributed by atoms with Crippen LogP contribution in [-0.4, -0.2) is 37.6 Å². The number of hydrogen-bond donors (Lipinski definition) is 1. The predicted octanol–water partition coefficient (Wildman–Crippen LogP) is 4.81. The van der Waals surface area contributed by atoms with E-state index >= 15 is 0 Å². The Kier molecular flexibility index (Phi) is 7.04. The van der Waals surface area contributed by atoms with E-state index < -0.39 is 0 Å². The smallest absolute Gasteiger partial charge is 0.223 e. The van der Waals surface area contributed by atoms with Gasteiger partial charge in [-0.2, -0.15) is 0 Å². The number of amides is 1. The summed E-state index contributed by atoms with van der Waals surface area (Å²) in [4.78, 5) is 15.5. The highest BCUT2D eigenvalue weighted by atomic mass is 16.5. The Balaban J connectivity index is 1.65. The Morgan fingerprint density at radius 1 is 1.09 bits per heavy atom. The number of rotatable bonds is 7. The number of methoxy groups -OCH3 is 2. The van der Waals surface area contributed by atoms with E-state index in [2.05, 4.69) is 60.5 Å². The fourth-order valence-corrected chi connectivity index (χ4v) is 5.33. The third kappa shape index (κ3) is 4.78. The first-order valence-electron chi connectivity index (χ1n) is 11.8. The van der Waals surface area contributed by atoms with E-state index in [1.165, 1.54) is 22.3 Å². The van der Waals surface area contributed by atoms with Crippen molar-refractivity contribution in [3.05, 3.63) is 58.7 Å². The van der Waals surface area contributed by atoms with Crippen LogP contribution in [0.1, 0.15) is 60.9 Å². The van der Waals surface area contributed by atoms with E-state index in [0.717, 1.165) is 56.7 Å². The molecule has 1 aliphatic heterocycles. The summed E-state index contributed by atoms with van der Waals surface area (Å²) in [5, 5.41) is 3.37. The molecule has 0 spiro atoms. The maximum absolute atomic E-state index is 13.0. The standard InChI is InChI=1S/C27H36N2O3/c1-18-9-11-20(12-10-18)17-29-14-13-22-15-24(31-3)25(32-4)16-23(22)26(29)19(2)28-27(30)21-7-5-6-8-21/h9-12,15-16,19,21,26H,5-8,13-14,17H2,1-4H3,(H,28,30)/t19-,26-/m0/s1. The topological polar surface area (TPSA) is 50.8 Å². The van der Waals surface area contributed by atoms with Gasteiger partial charge in [-0.3, -0.25) is 9.69 Å². The molecule has 0 unspecified atom stereocenters. The van der Waals surface area contributed by atoms with Crippen molar-refractivity contribution in [3.8, 4) is 11.5 Å². The summed E-state index contributed by atoms with van der Waals surface area (Å²) < 4.78 is 11.2. The summed E-state index contributed by atoms with van der Waals surface area (Å²) in [6.07, 6.45) is 5.29. The van der Waals surface area contributed by atoms with Crippen molar-refractivity contribution in [2.75, 3.05) is 20.8 Å². The first-order valence-corrected chi connectivity index (χ1v) is 11.8. The monoisotopic (exact) mass is 436 g/mol. The van der Waals surface area contributed by atoms with Gasteiger partial charge in [0.05, 0.1) is 20.3 Å². The lowest BCUT2D eigenvalue weighted by Crippen LogP contribution is -2.48. The fraction of sp³-hybridized carbons (Fsp3) is 0.519. The highest BCUT2D eigenvalue weighted by Crippen LogP contribution is 2.40. The molecule has 32 heavy (non-hydrogen) atoms. The van der Waals surface area contributed by atoms with E-state index in [0.29, 0.717) is 0 Å². The lowest BCUT2D eigenvalue weighted by atomic mass is 9.87. The number of carbonyl (C=O) groups excluding carboxylic acids is 1. The van der Waals surface area contributed by atoms with Gasteiger partial charge in [-0.05, 0) is 61.9 Å². The van der Waals surface area contributed by atoms with E-state index in [4.69, 9.17) is 9.47 Å². The van der Waals surface area contributed by atoms with Gasteiger partial charge in [-0.15, -0.1) is 0 Å². The number of carbonyl (C=O) groups is 1. The van der Waals surface area contributed by atoms with Crippen LogP contribution in [0.15, 0.2) is 36.4 Å². The molecule has 172 valence electrons. The van der Waals surface area contributed by atoms with Crippen LogP contribution >= 0.6 is 0 Å². The second-order valence-electron chi connectivity index (χ2n) is 9.34. The molecule has 1 N–H and O–H groups in total. The van der Waals surface area contributed by atoms with Gasteiger partial charge in [0.1, 0.15) is 0 Å². The highest BCUT2D eigenvalue weighted by molar-refractivity contribution is 5.79. The van der Waals surface area contributed by atoms with Crippen molar-refractivity contribution < 1.29 is 14.3 Å². The Hall–Kier alpha value is -2.53. The van der Waals surface area contributed by atoms with Gasteiger partial charge in [0.15, 0.2) is 11.5 Å². The first-order chi connectivity index (χ1) is 15.5. The van der Waals surface area contributed by atoms with Crippen LogP contribution in [-0.2, 0) is 17.8 Å². The van der Waals surface area contributed by atoms with Crippen LogP contribution in [0, 0.1) is 12.8 Å². The molecule has 2 atom stereocenters. The summed E-state index contributed by atoms with van der Waals surface area (Å²) in [6.45, 7) is 6.04. The minimum atomic E-state index is -0.00861. The van der Waals surface area contributed by atoms with Crippen molar-refractivity contribution in [2.24, 2.45) is 5.92 Å². The average molecular weight is 437 g/mol. The Morgan fingerprint density at radius 3 is 2.41 bits per heavy atom. The molecule has 1 aliphatic carbocycles. The number of fused-ring (bicyclic) bond motifs is 1. The third-order valence-electron chi connectivity index (χ3n) is 7.10. The molecule has 0 bridgehead atoms. The summed E-state index contributed by atoms with van der Waals surface area (Å²) >= 11 is 0. The molecule has 1 amide bonds. The Morgan fingerprint density at radius 2 is 1.75 bits per heavy atom. The van der Waals surface area contributed by atoms with E-state index in [1.54, 1.807) is 14.2 Å². The minimum absolute atomic E-state index is 0.00861. The summed E-state index contributed by atoms with van der Waals surface area (Å²) in [6, 6.07) is 13.0. The molecule has 0 saturated heterocycles. The molecular weight excluding hydrogens is 400 g/mol. The molecule has 5 nitrogen and oxygen atoms in total. The first kappa shape index (κ1) is 22.7. The zero-order valence-corrected chi connectivity index (χ0v) is 19.8. The maximum Gasteiger partial charge on any atom is 0.223 e. The van der Waals surface area contributed by atoms with Crippen LogP contribution in [0.25, 0.3) is 0 Å². The number of nitrogens with zero attached hydrogens (tertiary/aromatic N) is 1. The van der Waals surface area contributed by atoms with E-state index in [1.807, 2.05) is 0 Å². The van der Waals surface area contributed by atoms with Gasteiger partial charge in [-0.25, -0.2) is 0 Å². The Bertz CT molecular complexity index is 935. The van der Waals surface area contributed by atoms with E-state index in [9.17, 15) is 4.79 Å². The van der Waals surface area contributed by atoms with E-state index in [-0.39, 0.29) is 23.9 Å². The molecule has 4 rings (SSSR count). The second-order valence-corrected chi connectivity index (χ2v) is 9.34. The molecule has 2 aromatic rings. The molecule has 1 heterocycles. The molecule has 0 aromatic heterocycles. The van der Waals surface area contributed by atoms with Gasteiger partial charge >= 0.3 is 0 Å². The van der Waals surface area contributed by atoms with Crippen molar-refractivity contribution in [3.63, 3.8) is 0 Å². The Labute approximate surface area is 192 Å². The van der Waals surface area contributed by atoms with Gasteiger partial charge in [0.2, 0.25) is 5.91 Å². The van der Waals surface area contributed by atoms with Gasteiger partial charge in [-0.1, -0.05) is 42.7 Å². The lowest BCUT2D eigenvalue weighted by Gasteiger charge is -2.41. The van der Waals surface area contributed by atoms with Crippen LogP contribution in [0.5, 0.6) is 11.5 Å². The minimum Gasteiger partial charge on any atom is -0.493 e. The molecule has 2 aliphatic rings. The molecule has 5 heteroatoms. The van der Waals surface area contributed by atoms with Crippen LogP contribution < -0.4 is 14.8 Å². The normalized spacial score (nSPS) is 19.9. The van der Waals surface area contributed by atoms with Gasteiger partial charge in [0, 0.05) is 25.0 Å². The average Bonchev–Trinajstić information content (AvgIpc) is 3.34. The fourth-order valence-electron chi connectivity index (χ4n) is 5.33. The molecule has 1 saturated carbocycles. The zero-order valence-electron chi connectivity index (χ0n) is 19.8. The van der Waals surface area contributed by atoms with Crippen molar-refractivity contribution in [2.45, 2.75) is 64.6 Å². The van der Waals surface area contributed by atoms with Crippen LogP contribution in [0.4, 0.5) is 0 Å². The summed E-state index contributed by atoms with van der Waals surface area (Å²) in [5.74, 6) is 1.87. The number of hydrogen-bond acceptors (Lipinski definition) is 4. The maximum atomic E-state index is 13.0. The second kappa shape index (κ2) is 9.95. The molecule has 1 fully saturated rings. The highest BCUT2D eigenvalue weighted by Gasteiger charge is 2.35. The number of aryl methyl sites for hydroxylation is 1.